The molecule has 12 heavy (non-hydrogen) atoms. The van der Waals surface area contributed by atoms with E-state index in [4.69, 9.17) is 5.73 Å². The highest BCUT2D eigenvalue weighted by atomic mass is 16.1. The van der Waals surface area contributed by atoms with Crippen LogP contribution in [0.1, 0.15) is 6.42 Å². The fourth-order valence-electron chi connectivity index (χ4n) is 0.990. The molecule has 1 aromatic rings. The Kier molecular flexibility index (Phi) is 1.36. The van der Waals surface area contributed by atoms with Crippen LogP contribution in [-0.2, 0) is 4.79 Å². The molecule has 0 unspecified atom stereocenters. The van der Waals surface area contributed by atoms with E-state index in [9.17, 15) is 4.79 Å². The molecule has 0 fully saturated rings. The summed E-state index contributed by atoms with van der Waals surface area (Å²) in [6.45, 7) is 0. The molecule has 1 aliphatic heterocycles. The number of anilines is 1. The Morgan fingerprint density at radius 2 is 2.33 bits per heavy atom. The predicted molar refractivity (Wildman–Crippen MR) is 41.3 cm³/mol. The highest BCUT2D eigenvalue weighted by Gasteiger charge is 2.03. The lowest BCUT2D eigenvalue weighted by molar-refractivity contribution is -0.117. The second kappa shape index (κ2) is 2.37. The van der Waals surface area contributed by atoms with Crippen molar-refractivity contribution in [3.63, 3.8) is 0 Å². The molecule has 0 bridgehead atoms. The van der Waals surface area contributed by atoms with Crippen LogP contribution in [0.2, 0.25) is 0 Å². The Balaban J connectivity index is 2.81. The van der Waals surface area contributed by atoms with E-state index in [1.807, 2.05) is 0 Å². The maximum atomic E-state index is 10.8. The number of aromatic nitrogens is 2. The monoisotopic (exact) mass is 162 g/mol. The minimum absolute atomic E-state index is 0.139. The first-order valence-corrected chi connectivity index (χ1v) is 3.46. The Morgan fingerprint density at radius 3 is 3.17 bits per heavy atom. The highest BCUT2D eigenvalue weighted by molar-refractivity contribution is 5.82. The maximum absolute atomic E-state index is 10.8. The average Bonchev–Trinajstić information content (AvgIpc) is 2.03. The summed E-state index contributed by atoms with van der Waals surface area (Å²) >= 11 is 0. The lowest BCUT2D eigenvalue weighted by Crippen LogP contribution is -2.34. The van der Waals surface area contributed by atoms with Gasteiger partial charge in [-0.3, -0.25) is 4.79 Å². The molecule has 1 aliphatic rings. The molecule has 2 N–H and O–H groups in total. The molecule has 1 amide bonds. The van der Waals surface area contributed by atoms with Crippen LogP contribution in [0, 0.1) is 0 Å². The van der Waals surface area contributed by atoms with E-state index in [1.54, 1.807) is 12.3 Å². The van der Waals surface area contributed by atoms with E-state index in [0.29, 0.717) is 11.9 Å². The van der Waals surface area contributed by atoms with Gasteiger partial charge in [0, 0.05) is 17.8 Å². The Hall–Kier alpha value is -1.78. The fourth-order valence-corrected chi connectivity index (χ4v) is 0.990. The first-order chi connectivity index (χ1) is 5.75. The van der Waals surface area contributed by atoms with E-state index in [2.05, 4.69) is 15.0 Å². The summed E-state index contributed by atoms with van der Waals surface area (Å²) in [6.07, 6.45) is 3.62. The third kappa shape index (κ3) is 1.05. The molecule has 5 heteroatoms. The molecule has 2 heterocycles. The number of carbonyl (C=O) groups excluding carboxylic acids is 1. The van der Waals surface area contributed by atoms with Crippen LogP contribution in [-0.4, -0.2) is 15.9 Å². The molecule has 0 saturated heterocycles. The van der Waals surface area contributed by atoms with Crippen LogP contribution in [0.5, 0.6) is 0 Å². The van der Waals surface area contributed by atoms with Gasteiger partial charge in [0.15, 0.2) is 5.49 Å². The van der Waals surface area contributed by atoms with Crippen molar-refractivity contribution in [3.05, 3.63) is 16.9 Å². The van der Waals surface area contributed by atoms with Crippen molar-refractivity contribution < 1.29 is 4.79 Å². The Labute approximate surface area is 67.7 Å². The number of hydrogen-bond donors (Lipinski definition) is 1. The number of carbonyl (C=O) groups is 1. The molecule has 0 spiro atoms. The second-order valence-electron chi connectivity index (χ2n) is 2.42. The quantitative estimate of drug-likeness (QED) is 0.497. The van der Waals surface area contributed by atoms with Crippen molar-refractivity contribution in [2.75, 3.05) is 5.73 Å². The van der Waals surface area contributed by atoms with Gasteiger partial charge in [-0.1, -0.05) is 6.08 Å². The van der Waals surface area contributed by atoms with Crippen molar-refractivity contribution >= 4 is 17.9 Å². The zero-order chi connectivity index (χ0) is 8.55. The van der Waals surface area contributed by atoms with E-state index < -0.39 is 0 Å². The van der Waals surface area contributed by atoms with Crippen molar-refractivity contribution in [1.29, 1.82) is 0 Å². The minimum Gasteiger partial charge on any atom is -0.368 e. The van der Waals surface area contributed by atoms with E-state index in [-0.39, 0.29) is 11.9 Å². The number of nitrogens with zero attached hydrogens (tertiary/aromatic N) is 3. The van der Waals surface area contributed by atoms with Crippen LogP contribution >= 0.6 is 0 Å². The molecule has 60 valence electrons. The zero-order valence-corrected chi connectivity index (χ0v) is 6.19. The molecular formula is C7H6N4O. The first kappa shape index (κ1) is 6.90. The lowest BCUT2D eigenvalue weighted by Gasteiger charge is -1.96. The molecule has 1 aromatic heterocycles. The number of fused-ring (bicyclic) bond motifs is 1. The summed E-state index contributed by atoms with van der Waals surface area (Å²) in [4.78, 5) is 22.1. The van der Waals surface area contributed by atoms with Gasteiger partial charge in [-0.25, -0.2) is 4.98 Å². The van der Waals surface area contributed by atoms with Gasteiger partial charge in [-0.2, -0.15) is 9.98 Å². The van der Waals surface area contributed by atoms with Gasteiger partial charge in [0.1, 0.15) is 0 Å². The molecule has 0 aromatic carbocycles. The molecule has 0 saturated carbocycles. The number of nitrogens with two attached hydrogens (primary N) is 1. The Bertz CT molecular complexity index is 451. The summed E-state index contributed by atoms with van der Waals surface area (Å²) < 4.78 is 0. The van der Waals surface area contributed by atoms with Crippen LogP contribution in [0.15, 0.2) is 11.2 Å². The molecule has 5 nitrogen and oxygen atoms in total. The molecule has 0 atom stereocenters. The molecule has 2 rings (SSSR count). The summed E-state index contributed by atoms with van der Waals surface area (Å²) in [5.41, 5.74) is 5.69. The predicted octanol–water partition coefficient (Wildman–Crippen LogP) is -1.61. The van der Waals surface area contributed by atoms with E-state index >= 15 is 0 Å². The largest absolute Gasteiger partial charge is 0.368 e. The normalized spacial score (nSPS) is 14.5. The SMILES string of the molecule is Nc1ncc2c(n1)=NC(=O)CC=2. The Morgan fingerprint density at radius 1 is 1.50 bits per heavy atom. The van der Waals surface area contributed by atoms with Gasteiger partial charge in [0.05, 0.1) is 0 Å². The minimum atomic E-state index is -0.194. The topological polar surface area (TPSA) is 81.2 Å². The van der Waals surface area contributed by atoms with Crippen LogP contribution in [0.4, 0.5) is 5.95 Å². The van der Waals surface area contributed by atoms with E-state index in [0.717, 1.165) is 5.22 Å². The lowest BCUT2D eigenvalue weighted by atomic mass is 10.3. The summed E-state index contributed by atoms with van der Waals surface area (Å²) in [7, 11) is 0. The zero-order valence-electron chi connectivity index (χ0n) is 6.19. The van der Waals surface area contributed by atoms with E-state index in [1.165, 1.54) is 0 Å². The third-order valence-corrected chi connectivity index (χ3v) is 1.54. The number of hydrogen-bond acceptors (Lipinski definition) is 4. The van der Waals surface area contributed by atoms with Crippen LogP contribution in [0.25, 0.3) is 6.08 Å². The molecule has 0 aliphatic carbocycles. The maximum Gasteiger partial charge on any atom is 0.251 e. The fraction of sp³-hybridized carbons (Fsp3) is 0.143. The van der Waals surface area contributed by atoms with Gasteiger partial charge in [-0.05, 0) is 0 Å². The smallest absolute Gasteiger partial charge is 0.251 e. The average molecular weight is 162 g/mol. The van der Waals surface area contributed by atoms with Crippen molar-refractivity contribution in [3.8, 4) is 0 Å². The summed E-state index contributed by atoms with van der Waals surface area (Å²) in [5, 5.41) is 0.767. The third-order valence-electron chi connectivity index (χ3n) is 1.54. The van der Waals surface area contributed by atoms with Gasteiger partial charge < -0.3 is 5.73 Å². The summed E-state index contributed by atoms with van der Waals surface area (Å²) in [5.74, 6) is -0.0544. The van der Waals surface area contributed by atoms with Gasteiger partial charge >= 0.3 is 0 Å². The van der Waals surface area contributed by atoms with Gasteiger partial charge in [0.25, 0.3) is 5.91 Å². The van der Waals surface area contributed by atoms with Crippen molar-refractivity contribution in [1.82, 2.24) is 9.97 Å². The van der Waals surface area contributed by atoms with Crippen LogP contribution in [0.3, 0.4) is 0 Å². The van der Waals surface area contributed by atoms with Gasteiger partial charge in [-0.15, -0.1) is 0 Å². The second-order valence-corrected chi connectivity index (χ2v) is 2.42. The highest BCUT2D eigenvalue weighted by Crippen LogP contribution is 1.88. The summed E-state index contributed by atoms with van der Waals surface area (Å²) in [6, 6.07) is 0. The van der Waals surface area contributed by atoms with Crippen LogP contribution < -0.4 is 16.4 Å². The number of amides is 1. The first-order valence-electron chi connectivity index (χ1n) is 3.46. The standard InChI is InChI=1S/C7H6N4O/c8-7-9-3-4-1-2-5(12)10-6(4)11-7/h1,3H,2H2,(H2,8,10,11,12). The van der Waals surface area contributed by atoms with Crippen molar-refractivity contribution in [2.45, 2.75) is 6.42 Å². The van der Waals surface area contributed by atoms with Gasteiger partial charge in [0.2, 0.25) is 5.95 Å². The number of rotatable bonds is 0. The van der Waals surface area contributed by atoms with Crippen molar-refractivity contribution in [2.24, 2.45) is 4.99 Å². The number of nitrogen functional groups attached to an aromatic ring is 1. The molecular weight excluding hydrogens is 156 g/mol. The molecule has 0 radical (unpaired) electrons.